The van der Waals surface area contributed by atoms with Crippen molar-refractivity contribution in [3.63, 3.8) is 0 Å². The molecule has 0 heterocycles. The number of hydrogen-bond donors (Lipinski definition) is 1. The molecule has 0 fully saturated rings. The van der Waals surface area contributed by atoms with Gasteiger partial charge in [-0.25, -0.2) is 0 Å². The van der Waals surface area contributed by atoms with Gasteiger partial charge in [0.15, 0.2) is 5.78 Å². The number of hydrogen-bond acceptors (Lipinski definition) is 2. The van der Waals surface area contributed by atoms with Gasteiger partial charge in [-0.15, -0.1) is 0 Å². The van der Waals surface area contributed by atoms with Crippen molar-refractivity contribution in [3.8, 4) is 0 Å². The average molecular weight is 220 g/mol. The van der Waals surface area contributed by atoms with E-state index in [2.05, 4.69) is 13.8 Å². The number of aliphatic hydroxyl groups is 1. The zero-order valence-electron chi connectivity index (χ0n) is 10.0. The second kappa shape index (κ2) is 6.44. The van der Waals surface area contributed by atoms with Gasteiger partial charge >= 0.3 is 0 Å². The van der Waals surface area contributed by atoms with Crippen molar-refractivity contribution < 1.29 is 9.90 Å². The molecule has 1 N–H and O–H groups in total. The first-order valence-electron chi connectivity index (χ1n) is 5.87. The number of aliphatic hydroxyl groups excluding tert-OH is 1. The highest BCUT2D eigenvalue weighted by atomic mass is 16.3. The molecule has 1 aromatic rings. The van der Waals surface area contributed by atoms with E-state index in [-0.39, 0.29) is 5.78 Å². The third-order valence-electron chi connectivity index (χ3n) is 2.62. The molecule has 2 heteroatoms. The van der Waals surface area contributed by atoms with Crippen molar-refractivity contribution >= 4 is 5.78 Å². The van der Waals surface area contributed by atoms with E-state index in [1.165, 1.54) is 0 Å². The number of Topliss-reactive ketones (excluding diaryl/α,β-unsaturated/α-hetero) is 1. The van der Waals surface area contributed by atoms with E-state index >= 15 is 0 Å². The summed E-state index contributed by atoms with van der Waals surface area (Å²) < 4.78 is 0. The Hall–Kier alpha value is -1.15. The monoisotopic (exact) mass is 220 g/mol. The van der Waals surface area contributed by atoms with E-state index in [4.69, 9.17) is 0 Å². The summed E-state index contributed by atoms with van der Waals surface area (Å²) in [6.07, 6.45) is 1.41. The van der Waals surface area contributed by atoms with E-state index in [1.807, 2.05) is 18.2 Å². The molecule has 0 aliphatic carbocycles. The van der Waals surface area contributed by atoms with Crippen molar-refractivity contribution in [2.45, 2.75) is 39.2 Å². The Bertz CT molecular complexity index is 317. The Kier molecular flexibility index (Phi) is 5.20. The largest absolute Gasteiger partial charge is 0.381 e. The Morgan fingerprint density at radius 2 is 1.88 bits per heavy atom. The summed E-state index contributed by atoms with van der Waals surface area (Å²) in [5.74, 6) is 0.536. The second-order valence-electron chi connectivity index (χ2n) is 4.57. The van der Waals surface area contributed by atoms with Gasteiger partial charge in [-0.2, -0.15) is 0 Å². The smallest absolute Gasteiger partial charge is 0.165 e. The molecule has 2 nitrogen and oxygen atoms in total. The van der Waals surface area contributed by atoms with Crippen molar-refractivity contribution in [2.75, 3.05) is 0 Å². The summed E-state index contributed by atoms with van der Waals surface area (Å²) in [7, 11) is 0. The van der Waals surface area contributed by atoms with E-state index in [0.29, 0.717) is 17.9 Å². The van der Waals surface area contributed by atoms with Crippen LogP contribution in [-0.4, -0.2) is 10.9 Å². The maximum atomic E-state index is 11.7. The van der Waals surface area contributed by atoms with Crippen LogP contribution >= 0.6 is 0 Å². The van der Waals surface area contributed by atoms with Crippen LogP contribution in [0.15, 0.2) is 30.3 Å². The maximum Gasteiger partial charge on any atom is 0.165 e. The maximum absolute atomic E-state index is 11.7. The van der Waals surface area contributed by atoms with Crippen molar-refractivity contribution in [1.82, 2.24) is 0 Å². The van der Waals surface area contributed by atoms with Crippen LogP contribution in [0.1, 0.15) is 44.8 Å². The zero-order chi connectivity index (χ0) is 12.0. The van der Waals surface area contributed by atoms with E-state index < -0.39 is 6.10 Å². The van der Waals surface area contributed by atoms with Crippen LogP contribution in [0.4, 0.5) is 0 Å². The third kappa shape index (κ3) is 4.15. The predicted molar refractivity (Wildman–Crippen MR) is 65.1 cm³/mol. The van der Waals surface area contributed by atoms with E-state index in [0.717, 1.165) is 12.8 Å². The summed E-state index contributed by atoms with van der Waals surface area (Å²) in [6.45, 7) is 4.27. The summed E-state index contributed by atoms with van der Waals surface area (Å²) >= 11 is 0. The SMILES string of the molecule is CC(C)CCCC(=O)C(O)c1ccccc1. The number of carbonyl (C=O) groups excluding carboxylic acids is 1. The quantitative estimate of drug-likeness (QED) is 0.799. The van der Waals surface area contributed by atoms with Crippen molar-refractivity contribution in [2.24, 2.45) is 5.92 Å². The van der Waals surface area contributed by atoms with Gasteiger partial charge in [-0.05, 0) is 17.9 Å². The Labute approximate surface area is 97.3 Å². The van der Waals surface area contributed by atoms with Crippen molar-refractivity contribution in [3.05, 3.63) is 35.9 Å². The highest BCUT2D eigenvalue weighted by Crippen LogP contribution is 2.17. The molecule has 16 heavy (non-hydrogen) atoms. The molecule has 0 bridgehead atoms. The lowest BCUT2D eigenvalue weighted by atomic mass is 9.99. The fraction of sp³-hybridized carbons (Fsp3) is 0.500. The molecule has 1 rings (SSSR count). The minimum atomic E-state index is -0.951. The average Bonchev–Trinajstić information content (AvgIpc) is 2.28. The molecule has 0 saturated carbocycles. The first-order chi connectivity index (χ1) is 7.61. The normalized spacial score (nSPS) is 12.8. The first-order valence-corrected chi connectivity index (χ1v) is 5.87. The summed E-state index contributed by atoms with van der Waals surface area (Å²) in [5, 5.41) is 9.80. The number of ketones is 1. The summed E-state index contributed by atoms with van der Waals surface area (Å²) in [5.41, 5.74) is 0.692. The van der Waals surface area contributed by atoms with E-state index in [1.54, 1.807) is 12.1 Å². The third-order valence-corrected chi connectivity index (χ3v) is 2.62. The van der Waals surface area contributed by atoms with Gasteiger partial charge in [0.2, 0.25) is 0 Å². The van der Waals surface area contributed by atoms with Gasteiger partial charge < -0.3 is 5.11 Å². The van der Waals surface area contributed by atoms with Crippen LogP contribution in [0, 0.1) is 5.92 Å². The van der Waals surface area contributed by atoms with Gasteiger partial charge in [0.1, 0.15) is 6.10 Å². The first kappa shape index (κ1) is 12.9. The molecule has 0 spiro atoms. The lowest BCUT2D eigenvalue weighted by molar-refractivity contribution is -0.127. The van der Waals surface area contributed by atoms with Gasteiger partial charge in [0.25, 0.3) is 0 Å². The van der Waals surface area contributed by atoms with Gasteiger partial charge in [-0.1, -0.05) is 50.6 Å². The van der Waals surface area contributed by atoms with Gasteiger partial charge in [0, 0.05) is 6.42 Å². The molecular formula is C14H20O2. The molecule has 1 atom stereocenters. The van der Waals surface area contributed by atoms with Crippen molar-refractivity contribution in [1.29, 1.82) is 0 Å². The number of carbonyl (C=O) groups is 1. The highest BCUT2D eigenvalue weighted by Gasteiger charge is 2.16. The molecule has 1 unspecified atom stereocenters. The molecule has 0 aliphatic rings. The summed E-state index contributed by atoms with van der Waals surface area (Å²) in [4.78, 5) is 11.7. The topological polar surface area (TPSA) is 37.3 Å². The fourth-order valence-electron chi connectivity index (χ4n) is 1.64. The highest BCUT2D eigenvalue weighted by molar-refractivity contribution is 5.84. The lowest BCUT2D eigenvalue weighted by Gasteiger charge is -2.10. The molecule has 0 aliphatic heterocycles. The lowest BCUT2D eigenvalue weighted by Crippen LogP contribution is -2.11. The van der Waals surface area contributed by atoms with Crippen LogP contribution in [0.5, 0.6) is 0 Å². The zero-order valence-corrected chi connectivity index (χ0v) is 10.0. The Morgan fingerprint density at radius 1 is 1.25 bits per heavy atom. The van der Waals surface area contributed by atoms with Crippen LogP contribution in [0.2, 0.25) is 0 Å². The second-order valence-corrected chi connectivity index (χ2v) is 4.57. The van der Waals surface area contributed by atoms with Crippen LogP contribution in [0.25, 0.3) is 0 Å². The minimum Gasteiger partial charge on any atom is -0.381 e. The molecule has 0 aromatic heterocycles. The molecule has 1 aromatic carbocycles. The molecule has 0 radical (unpaired) electrons. The minimum absolute atomic E-state index is 0.0770. The molecular weight excluding hydrogens is 200 g/mol. The number of benzene rings is 1. The number of rotatable bonds is 6. The van der Waals surface area contributed by atoms with Crippen LogP contribution in [0.3, 0.4) is 0 Å². The fourth-order valence-corrected chi connectivity index (χ4v) is 1.64. The summed E-state index contributed by atoms with van der Waals surface area (Å²) in [6, 6.07) is 9.11. The van der Waals surface area contributed by atoms with Crippen LogP contribution in [-0.2, 0) is 4.79 Å². The molecule has 88 valence electrons. The van der Waals surface area contributed by atoms with E-state index in [9.17, 15) is 9.90 Å². The standard InChI is InChI=1S/C14H20O2/c1-11(2)7-6-10-13(15)14(16)12-8-4-3-5-9-12/h3-5,8-9,11,14,16H,6-7,10H2,1-2H3. The predicted octanol–water partition coefficient (Wildman–Crippen LogP) is 3.12. The van der Waals surface area contributed by atoms with Gasteiger partial charge in [0.05, 0.1) is 0 Å². The Morgan fingerprint density at radius 3 is 2.44 bits per heavy atom. The Balaban J connectivity index is 2.43. The molecule has 0 saturated heterocycles. The molecule has 0 amide bonds. The van der Waals surface area contributed by atoms with Crippen LogP contribution < -0.4 is 0 Å². The van der Waals surface area contributed by atoms with Gasteiger partial charge in [-0.3, -0.25) is 4.79 Å².